The highest BCUT2D eigenvalue weighted by molar-refractivity contribution is 5.71. The van der Waals surface area contributed by atoms with Gasteiger partial charge in [0.15, 0.2) is 6.10 Å². The molecular weight excluding hydrogens is 997 g/mol. The molecule has 6 heteroatoms. The minimum atomic E-state index is -0.777. The predicted octanol–water partition coefficient (Wildman–Crippen LogP) is 24.2. The number of carbonyl (C=O) groups is 3. The van der Waals surface area contributed by atoms with E-state index in [0.717, 1.165) is 116 Å². The Kier molecular flexibility index (Phi) is 66.2. The van der Waals surface area contributed by atoms with E-state index in [1.54, 1.807) is 0 Å². The number of ether oxygens (including phenoxy) is 3. The van der Waals surface area contributed by atoms with Crippen molar-refractivity contribution in [2.45, 2.75) is 361 Å². The largest absolute Gasteiger partial charge is 0.462 e. The molecule has 0 aromatic carbocycles. The van der Waals surface area contributed by atoms with Crippen LogP contribution in [0.4, 0.5) is 0 Å². The second-order valence-corrected chi connectivity index (χ2v) is 23.4. The third-order valence-electron chi connectivity index (χ3n) is 15.4. The summed E-state index contributed by atoms with van der Waals surface area (Å²) < 4.78 is 16.8. The van der Waals surface area contributed by atoms with Crippen LogP contribution >= 0.6 is 0 Å². The Labute approximate surface area is 503 Å². The van der Waals surface area contributed by atoms with Crippen molar-refractivity contribution >= 4 is 17.9 Å². The standard InChI is InChI=1S/C75H132O6/c1-4-7-10-13-15-17-19-21-23-25-27-29-31-33-35-37-39-41-43-45-47-49-51-53-55-57-59-62-65-68-74(77)80-71-72(70-79-73(76)67-64-61-12-9-6-3)81-75(78)69-66-63-60-58-56-54-52-50-48-46-44-42-40-38-36-34-32-30-28-26-24-22-20-18-16-14-11-8-5-2/h7,10,15,17,21,23,27,29,33,35,39,41,45,47,72H,4-6,8-9,11-14,16,18-20,22,24-26,28,30-32,34,36-38,40,42-44,46,48-71H2,1-3H3/b10-7-,17-15-,23-21-,29-27-,35-33-,41-39-,47-45-. The zero-order chi connectivity index (χ0) is 58.5. The predicted molar refractivity (Wildman–Crippen MR) is 353 cm³/mol. The van der Waals surface area contributed by atoms with Crippen molar-refractivity contribution in [3.05, 3.63) is 85.1 Å². The third kappa shape index (κ3) is 67.3. The lowest BCUT2D eigenvalue weighted by atomic mass is 10.0. The molecule has 1 unspecified atom stereocenters. The summed E-state index contributed by atoms with van der Waals surface area (Å²) in [6.07, 6.45) is 92.4. The molecule has 0 radical (unpaired) electrons. The molecule has 0 rings (SSSR count). The van der Waals surface area contributed by atoms with Crippen molar-refractivity contribution in [1.29, 1.82) is 0 Å². The molecule has 0 fully saturated rings. The smallest absolute Gasteiger partial charge is 0.306 e. The number of carbonyl (C=O) groups excluding carboxylic acids is 3. The van der Waals surface area contributed by atoms with Gasteiger partial charge < -0.3 is 14.2 Å². The van der Waals surface area contributed by atoms with Gasteiger partial charge in [0.25, 0.3) is 0 Å². The summed E-state index contributed by atoms with van der Waals surface area (Å²) in [4.78, 5) is 38.0. The summed E-state index contributed by atoms with van der Waals surface area (Å²) >= 11 is 0. The van der Waals surface area contributed by atoms with Crippen molar-refractivity contribution in [2.24, 2.45) is 0 Å². The van der Waals surface area contributed by atoms with E-state index in [4.69, 9.17) is 14.2 Å². The van der Waals surface area contributed by atoms with E-state index in [1.807, 2.05) is 0 Å². The van der Waals surface area contributed by atoms with E-state index in [2.05, 4.69) is 106 Å². The molecule has 0 saturated heterocycles. The zero-order valence-corrected chi connectivity index (χ0v) is 53.8. The maximum atomic E-state index is 12.9. The van der Waals surface area contributed by atoms with Crippen LogP contribution in [0.1, 0.15) is 355 Å². The Morgan fingerprint density at radius 1 is 0.259 bits per heavy atom. The molecule has 0 aliphatic carbocycles. The molecule has 0 aromatic heterocycles. The molecular formula is C75H132O6. The second kappa shape index (κ2) is 69.1. The van der Waals surface area contributed by atoms with Crippen LogP contribution in [0.15, 0.2) is 85.1 Å². The van der Waals surface area contributed by atoms with E-state index in [1.165, 1.54) is 199 Å². The molecule has 81 heavy (non-hydrogen) atoms. The van der Waals surface area contributed by atoms with E-state index in [0.29, 0.717) is 19.3 Å². The highest BCUT2D eigenvalue weighted by atomic mass is 16.6. The molecule has 1 atom stereocenters. The number of hydrogen-bond acceptors (Lipinski definition) is 6. The van der Waals surface area contributed by atoms with Crippen molar-refractivity contribution in [3.8, 4) is 0 Å². The maximum absolute atomic E-state index is 12.9. The van der Waals surface area contributed by atoms with Gasteiger partial charge in [0.1, 0.15) is 13.2 Å². The normalized spacial score (nSPS) is 12.6. The third-order valence-corrected chi connectivity index (χ3v) is 15.4. The highest BCUT2D eigenvalue weighted by Crippen LogP contribution is 2.18. The second-order valence-electron chi connectivity index (χ2n) is 23.4. The zero-order valence-electron chi connectivity index (χ0n) is 53.8. The minimum absolute atomic E-state index is 0.0777. The Balaban J connectivity index is 4.00. The SMILES string of the molecule is CC/C=C\C/C=C\C/C=C\C/C=C\C/C=C\C/C=C\C/C=C\CCCCCCCCCC(=O)OCC(COC(=O)CCCCCCC)OC(=O)CCCCCCCCCCCCCCCCCCCCCCCCCCCCCCC. The first-order valence-electron chi connectivity index (χ1n) is 35.1. The van der Waals surface area contributed by atoms with Gasteiger partial charge in [-0.3, -0.25) is 14.4 Å². The van der Waals surface area contributed by atoms with E-state index in [-0.39, 0.29) is 31.1 Å². The summed E-state index contributed by atoms with van der Waals surface area (Å²) in [5, 5.41) is 0. The number of rotatable bonds is 64. The quantitative estimate of drug-likeness (QED) is 0.0261. The van der Waals surface area contributed by atoms with Crippen LogP contribution in [0.25, 0.3) is 0 Å². The van der Waals surface area contributed by atoms with Crippen molar-refractivity contribution in [1.82, 2.24) is 0 Å². The van der Waals surface area contributed by atoms with Gasteiger partial charge >= 0.3 is 17.9 Å². The fraction of sp³-hybridized carbons (Fsp3) is 0.773. The highest BCUT2D eigenvalue weighted by Gasteiger charge is 2.19. The fourth-order valence-electron chi connectivity index (χ4n) is 10.2. The van der Waals surface area contributed by atoms with Gasteiger partial charge in [-0.25, -0.2) is 0 Å². The Bertz CT molecular complexity index is 1530. The summed E-state index contributed by atoms with van der Waals surface area (Å²) in [6.45, 7) is 6.48. The van der Waals surface area contributed by atoms with Crippen LogP contribution in [-0.4, -0.2) is 37.2 Å². The van der Waals surface area contributed by atoms with E-state index >= 15 is 0 Å². The lowest BCUT2D eigenvalue weighted by Crippen LogP contribution is -2.30. The Morgan fingerprint density at radius 3 is 0.753 bits per heavy atom. The Morgan fingerprint density at radius 2 is 0.481 bits per heavy atom. The average molecular weight is 1130 g/mol. The van der Waals surface area contributed by atoms with Gasteiger partial charge in [-0.05, 0) is 77.0 Å². The molecule has 0 aliphatic rings. The molecule has 0 aliphatic heterocycles. The summed E-state index contributed by atoms with van der Waals surface area (Å²) in [7, 11) is 0. The molecule has 0 bridgehead atoms. The fourth-order valence-corrected chi connectivity index (χ4v) is 10.2. The van der Waals surface area contributed by atoms with Crippen LogP contribution in [0, 0.1) is 0 Å². The molecule has 0 spiro atoms. The molecule has 468 valence electrons. The summed E-state index contributed by atoms with van der Waals surface area (Å²) in [5.41, 5.74) is 0. The molecule has 0 amide bonds. The first kappa shape index (κ1) is 77.6. The first-order chi connectivity index (χ1) is 40.0. The van der Waals surface area contributed by atoms with Crippen molar-refractivity contribution in [2.75, 3.05) is 13.2 Å². The van der Waals surface area contributed by atoms with Crippen molar-refractivity contribution < 1.29 is 28.6 Å². The molecule has 0 N–H and O–H groups in total. The molecule has 0 aromatic rings. The molecule has 0 saturated carbocycles. The van der Waals surface area contributed by atoms with Crippen molar-refractivity contribution in [3.63, 3.8) is 0 Å². The Hall–Kier alpha value is -3.41. The van der Waals surface area contributed by atoms with Gasteiger partial charge in [0.05, 0.1) is 0 Å². The monoisotopic (exact) mass is 1130 g/mol. The average Bonchev–Trinajstić information content (AvgIpc) is 3.47. The van der Waals surface area contributed by atoms with Crippen LogP contribution < -0.4 is 0 Å². The lowest BCUT2D eigenvalue weighted by molar-refractivity contribution is -0.167. The van der Waals surface area contributed by atoms with E-state index in [9.17, 15) is 14.4 Å². The van der Waals surface area contributed by atoms with Gasteiger partial charge in [-0.2, -0.15) is 0 Å². The maximum Gasteiger partial charge on any atom is 0.306 e. The van der Waals surface area contributed by atoms with Crippen LogP contribution in [-0.2, 0) is 28.6 Å². The van der Waals surface area contributed by atoms with Crippen LogP contribution in [0.2, 0.25) is 0 Å². The summed E-state index contributed by atoms with van der Waals surface area (Å²) in [5.74, 6) is -0.887. The number of hydrogen-bond donors (Lipinski definition) is 0. The number of esters is 3. The summed E-state index contributed by atoms with van der Waals surface area (Å²) in [6, 6.07) is 0. The number of allylic oxidation sites excluding steroid dienone is 14. The lowest BCUT2D eigenvalue weighted by Gasteiger charge is -2.18. The number of unbranched alkanes of at least 4 members (excludes halogenated alkanes) is 39. The van der Waals surface area contributed by atoms with Crippen LogP contribution in [0.5, 0.6) is 0 Å². The van der Waals surface area contributed by atoms with Crippen LogP contribution in [0.3, 0.4) is 0 Å². The molecule has 6 nitrogen and oxygen atoms in total. The van der Waals surface area contributed by atoms with Gasteiger partial charge in [-0.15, -0.1) is 0 Å². The van der Waals surface area contributed by atoms with E-state index < -0.39 is 6.10 Å². The van der Waals surface area contributed by atoms with Gasteiger partial charge in [0, 0.05) is 19.3 Å². The first-order valence-corrected chi connectivity index (χ1v) is 35.1. The van der Waals surface area contributed by atoms with Gasteiger partial charge in [-0.1, -0.05) is 343 Å². The van der Waals surface area contributed by atoms with Gasteiger partial charge in [0.2, 0.25) is 0 Å². The molecule has 0 heterocycles. The minimum Gasteiger partial charge on any atom is -0.462 e. The topological polar surface area (TPSA) is 78.9 Å².